The lowest BCUT2D eigenvalue weighted by Gasteiger charge is -2.31. The van der Waals surface area contributed by atoms with Crippen LogP contribution in [0.15, 0.2) is 11.8 Å². The van der Waals surface area contributed by atoms with Gasteiger partial charge in [-0.1, -0.05) is 31.8 Å². The van der Waals surface area contributed by atoms with Crippen molar-refractivity contribution < 1.29 is 0 Å². The fourth-order valence-electron chi connectivity index (χ4n) is 2.94. The molecule has 1 N–H and O–H groups in total. The van der Waals surface area contributed by atoms with Crippen LogP contribution in [0.25, 0.3) is 0 Å². The second-order valence-corrected chi connectivity index (χ2v) is 5.45. The summed E-state index contributed by atoms with van der Waals surface area (Å²) in [5.74, 6) is 0. The number of fused-ring (bicyclic) bond motifs is 1. The van der Waals surface area contributed by atoms with E-state index in [4.69, 9.17) is 0 Å². The number of nitrogens with zero attached hydrogens (tertiary/aromatic N) is 1. The van der Waals surface area contributed by atoms with E-state index in [1.807, 2.05) is 0 Å². The first-order chi connectivity index (χ1) is 8.47. The Labute approximate surface area is 106 Å². The van der Waals surface area contributed by atoms with Crippen LogP contribution in [0.4, 0.5) is 0 Å². The van der Waals surface area contributed by atoms with E-state index in [-0.39, 0.29) is 0 Å². The Kier molecular flexibility index (Phi) is 5.90. The van der Waals surface area contributed by atoms with Crippen molar-refractivity contribution in [1.82, 2.24) is 10.2 Å². The molecule has 0 radical (unpaired) electrons. The molecular formula is C15H28N2. The molecule has 2 heteroatoms. The predicted octanol–water partition coefficient (Wildman–Crippen LogP) is 3.30. The van der Waals surface area contributed by atoms with E-state index in [9.17, 15) is 0 Å². The van der Waals surface area contributed by atoms with Crippen molar-refractivity contribution in [1.29, 1.82) is 0 Å². The molecule has 2 aliphatic heterocycles. The van der Waals surface area contributed by atoms with Crippen molar-refractivity contribution in [2.24, 2.45) is 0 Å². The van der Waals surface area contributed by atoms with E-state index in [0.717, 1.165) is 6.54 Å². The molecule has 2 aliphatic rings. The van der Waals surface area contributed by atoms with Crippen molar-refractivity contribution in [3.8, 4) is 0 Å². The molecule has 0 aromatic rings. The first kappa shape index (κ1) is 12.9. The molecule has 17 heavy (non-hydrogen) atoms. The van der Waals surface area contributed by atoms with Crippen LogP contribution in [-0.4, -0.2) is 31.1 Å². The zero-order valence-corrected chi connectivity index (χ0v) is 11.2. The van der Waals surface area contributed by atoms with Gasteiger partial charge in [-0.25, -0.2) is 0 Å². The molecule has 0 unspecified atom stereocenters. The lowest BCUT2D eigenvalue weighted by molar-refractivity contribution is 0.307. The molecule has 2 rings (SSSR count). The third-order valence-corrected chi connectivity index (χ3v) is 4.01. The van der Waals surface area contributed by atoms with Crippen LogP contribution in [0, 0.1) is 0 Å². The lowest BCUT2D eigenvalue weighted by atomic mass is 10.0. The Balaban J connectivity index is 1.84. The van der Waals surface area contributed by atoms with Gasteiger partial charge >= 0.3 is 0 Å². The second-order valence-electron chi connectivity index (χ2n) is 5.45. The van der Waals surface area contributed by atoms with Crippen molar-refractivity contribution >= 4 is 0 Å². The normalized spacial score (nSPS) is 24.9. The molecule has 1 saturated heterocycles. The largest absolute Gasteiger partial charge is 0.374 e. The summed E-state index contributed by atoms with van der Waals surface area (Å²) in [5.41, 5.74) is 1.64. The van der Waals surface area contributed by atoms with Gasteiger partial charge in [0, 0.05) is 25.3 Å². The van der Waals surface area contributed by atoms with Gasteiger partial charge in [0.05, 0.1) is 0 Å². The minimum absolute atomic E-state index is 1.16. The van der Waals surface area contributed by atoms with Crippen molar-refractivity contribution in [2.45, 2.75) is 57.8 Å². The predicted molar refractivity (Wildman–Crippen MR) is 74.1 cm³/mol. The maximum absolute atomic E-state index is 3.59. The zero-order valence-electron chi connectivity index (χ0n) is 11.2. The third kappa shape index (κ3) is 4.71. The summed E-state index contributed by atoms with van der Waals surface area (Å²) < 4.78 is 0. The average molecular weight is 236 g/mol. The number of rotatable bonds is 0. The summed E-state index contributed by atoms with van der Waals surface area (Å²) in [6.45, 7) is 4.88. The SMILES string of the molecule is C1=C2CCCCCCCCNCCN2CCC1. The van der Waals surface area contributed by atoms with Gasteiger partial charge < -0.3 is 10.2 Å². The van der Waals surface area contributed by atoms with Gasteiger partial charge in [-0.2, -0.15) is 0 Å². The van der Waals surface area contributed by atoms with Gasteiger partial charge in [0.15, 0.2) is 0 Å². The highest BCUT2D eigenvalue weighted by atomic mass is 15.2. The van der Waals surface area contributed by atoms with Crippen molar-refractivity contribution in [3.05, 3.63) is 11.8 Å². The van der Waals surface area contributed by atoms with Crippen molar-refractivity contribution in [2.75, 3.05) is 26.2 Å². The van der Waals surface area contributed by atoms with Crippen LogP contribution in [0.5, 0.6) is 0 Å². The molecule has 0 atom stereocenters. The summed E-state index contributed by atoms with van der Waals surface area (Å²) in [6.07, 6.45) is 14.9. The van der Waals surface area contributed by atoms with Crippen LogP contribution in [0.2, 0.25) is 0 Å². The van der Waals surface area contributed by atoms with Gasteiger partial charge in [-0.3, -0.25) is 0 Å². The summed E-state index contributed by atoms with van der Waals surface area (Å²) in [4.78, 5) is 2.62. The van der Waals surface area contributed by atoms with Crippen molar-refractivity contribution in [3.63, 3.8) is 0 Å². The molecule has 0 amide bonds. The van der Waals surface area contributed by atoms with Gasteiger partial charge in [0.25, 0.3) is 0 Å². The minimum atomic E-state index is 1.16. The standard InChI is InChI=1S/C15H28N2/c1-2-4-7-11-16-12-14-17-13-8-6-10-15(17)9-5-3-1/h10,16H,1-9,11-14H2. The van der Waals surface area contributed by atoms with E-state index >= 15 is 0 Å². The van der Waals surface area contributed by atoms with Crippen LogP contribution in [-0.2, 0) is 0 Å². The Morgan fingerprint density at radius 1 is 0.824 bits per heavy atom. The van der Waals surface area contributed by atoms with Crippen LogP contribution < -0.4 is 5.32 Å². The molecule has 2 nitrogen and oxygen atoms in total. The van der Waals surface area contributed by atoms with E-state index in [1.165, 1.54) is 77.4 Å². The van der Waals surface area contributed by atoms with Gasteiger partial charge in [0.1, 0.15) is 0 Å². The third-order valence-electron chi connectivity index (χ3n) is 4.01. The first-order valence-electron chi connectivity index (χ1n) is 7.61. The van der Waals surface area contributed by atoms with E-state index in [1.54, 1.807) is 5.70 Å². The van der Waals surface area contributed by atoms with Crippen LogP contribution in [0.3, 0.4) is 0 Å². The van der Waals surface area contributed by atoms with Gasteiger partial charge in [-0.15, -0.1) is 0 Å². The molecule has 0 saturated carbocycles. The smallest absolute Gasteiger partial charge is 0.0300 e. The molecule has 0 aliphatic carbocycles. The number of hydrogen-bond donors (Lipinski definition) is 1. The van der Waals surface area contributed by atoms with E-state index < -0.39 is 0 Å². The van der Waals surface area contributed by atoms with E-state index in [0.29, 0.717) is 0 Å². The highest BCUT2D eigenvalue weighted by Gasteiger charge is 2.12. The Morgan fingerprint density at radius 3 is 2.59 bits per heavy atom. The molecule has 0 aromatic heterocycles. The summed E-state index contributed by atoms with van der Waals surface area (Å²) in [5, 5.41) is 3.59. The molecule has 1 fully saturated rings. The summed E-state index contributed by atoms with van der Waals surface area (Å²) in [6, 6.07) is 0. The highest BCUT2D eigenvalue weighted by molar-refractivity contribution is 5.04. The zero-order chi connectivity index (χ0) is 11.8. The van der Waals surface area contributed by atoms with Gasteiger partial charge in [0.2, 0.25) is 0 Å². The molecule has 0 spiro atoms. The number of allylic oxidation sites excluding steroid dienone is 2. The molecule has 2 heterocycles. The second kappa shape index (κ2) is 7.75. The van der Waals surface area contributed by atoms with Gasteiger partial charge in [-0.05, 0) is 38.6 Å². The Hall–Kier alpha value is -0.500. The quantitative estimate of drug-likeness (QED) is 0.694. The maximum atomic E-state index is 3.59. The monoisotopic (exact) mass is 236 g/mol. The fourth-order valence-corrected chi connectivity index (χ4v) is 2.94. The number of hydrogen-bond acceptors (Lipinski definition) is 2. The Bertz CT molecular complexity index is 235. The Morgan fingerprint density at radius 2 is 1.65 bits per heavy atom. The minimum Gasteiger partial charge on any atom is -0.374 e. The molecule has 98 valence electrons. The summed E-state index contributed by atoms with van der Waals surface area (Å²) >= 11 is 0. The van der Waals surface area contributed by atoms with Crippen LogP contribution in [0.1, 0.15) is 57.8 Å². The maximum Gasteiger partial charge on any atom is 0.0300 e. The van der Waals surface area contributed by atoms with E-state index in [2.05, 4.69) is 16.3 Å². The lowest BCUT2D eigenvalue weighted by Crippen LogP contribution is -2.34. The molecular weight excluding hydrogens is 208 g/mol. The molecule has 0 bridgehead atoms. The van der Waals surface area contributed by atoms with Crippen LogP contribution >= 0.6 is 0 Å². The first-order valence-corrected chi connectivity index (χ1v) is 7.61. The highest BCUT2D eigenvalue weighted by Crippen LogP contribution is 2.20. The topological polar surface area (TPSA) is 15.3 Å². The fraction of sp³-hybridized carbons (Fsp3) is 0.867. The molecule has 0 aromatic carbocycles. The summed E-state index contributed by atoms with van der Waals surface area (Å²) in [7, 11) is 0. The number of nitrogens with one attached hydrogen (secondary N) is 1. The average Bonchev–Trinajstić information content (AvgIpc) is 2.38.